The van der Waals surface area contributed by atoms with Crippen molar-refractivity contribution in [2.24, 2.45) is 0 Å². The predicted octanol–water partition coefficient (Wildman–Crippen LogP) is 5.60. The molecule has 3 rings (SSSR count). The number of ketones is 1. The molecule has 0 fully saturated rings. The molecule has 150 valence electrons. The number of carbonyl (C=O) groups excluding carboxylic acids is 1. The predicted molar refractivity (Wildman–Crippen MR) is 119 cm³/mol. The molecular formula is C26H29NO2. The van der Waals surface area contributed by atoms with Crippen LogP contribution in [0.2, 0.25) is 0 Å². The Morgan fingerprint density at radius 2 is 1.76 bits per heavy atom. The molecule has 29 heavy (non-hydrogen) atoms. The molecule has 1 aliphatic carbocycles. The Labute approximate surface area is 174 Å². The fourth-order valence-electron chi connectivity index (χ4n) is 3.48. The van der Waals surface area contributed by atoms with Crippen LogP contribution in [0.4, 0.5) is 0 Å². The first-order valence-corrected chi connectivity index (χ1v) is 10.1. The van der Waals surface area contributed by atoms with E-state index in [0.29, 0.717) is 6.42 Å². The summed E-state index contributed by atoms with van der Waals surface area (Å²) in [6.07, 6.45) is 12.0. The van der Waals surface area contributed by atoms with Crippen molar-refractivity contribution < 1.29 is 9.53 Å². The topological polar surface area (TPSA) is 29.5 Å². The van der Waals surface area contributed by atoms with Crippen LogP contribution >= 0.6 is 0 Å². The van der Waals surface area contributed by atoms with E-state index in [2.05, 4.69) is 66.5 Å². The summed E-state index contributed by atoms with van der Waals surface area (Å²) in [4.78, 5) is 15.3. The summed E-state index contributed by atoms with van der Waals surface area (Å²) in [5.74, 6) is 0.926. The first kappa shape index (κ1) is 20.8. The van der Waals surface area contributed by atoms with E-state index in [4.69, 9.17) is 4.74 Å². The van der Waals surface area contributed by atoms with E-state index in [1.54, 1.807) is 7.11 Å². The van der Waals surface area contributed by atoms with Crippen molar-refractivity contribution in [3.05, 3.63) is 102 Å². The summed E-state index contributed by atoms with van der Waals surface area (Å²) < 4.78 is 5.19. The molecule has 3 heteroatoms. The van der Waals surface area contributed by atoms with Crippen molar-refractivity contribution in [2.45, 2.75) is 32.4 Å². The number of hydrogen-bond donors (Lipinski definition) is 0. The molecule has 0 aromatic heterocycles. The minimum Gasteiger partial charge on any atom is -0.497 e. The van der Waals surface area contributed by atoms with Crippen molar-refractivity contribution >= 4 is 5.78 Å². The van der Waals surface area contributed by atoms with Gasteiger partial charge in [0.2, 0.25) is 0 Å². The quantitative estimate of drug-likeness (QED) is 0.525. The molecule has 0 saturated carbocycles. The van der Waals surface area contributed by atoms with Crippen molar-refractivity contribution in [1.29, 1.82) is 0 Å². The molecule has 0 aliphatic heterocycles. The lowest BCUT2D eigenvalue weighted by atomic mass is 10.0. The van der Waals surface area contributed by atoms with Gasteiger partial charge >= 0.3 is 0 Å². The highest BCUT2D eigenvalue weighted by atomic mass is 16.5. The first-order valence-electron chi connectivity index (χ1n) is 10.1. The number of hydrogen-bond acceptors (Lipinski definition) is 3. The Hall–Kier alpha value is -2.91. The summed E-state index contributed by atoms with van der Waals surface area (Å²) in [6, 6.07) is 18.0. The highest BCUT2D eigenvalue weighted by Gasteiger charge is 2.20. The Balaban J connectivity index is 1.72. The average Bonchev–Trinajstić information content (AvgIpc) is 3.02. The number of nitrogens with zero attached hydrogens (tertiary/aromatic N) is 1. The Bertz CT molecular complexity index is 879. The summed E-state index contributed by atoms with van der Waals surface area (Å²) in [6.45, 7) is 3.82. The highest BCUT2D eigenvalue weighted by molar-refractivity contribution is 5.96. The molecule has 0 bridgehead atoms. The fourth-order valence-corrected chi connectivity index (χ4v) is 3.48. The van der Waals surface area contributed by atoms with Gasteiger partial charge in [0.15, 0.2) is 5.78 Å². The van der Waals surface area contributed by atoms with Crippen LogP contribution in [0.3, 0.4) is 0 Å². The zero-order valence-corrected chi connectivity index (χ0v) is 17.3. The van der Waals surface area contributed by atoms with Gasteiger partial charge in [0.05, 0.1) is 7.11 Å². The zero-order valence-electron chi connectivity index (χ0n) is 17.3. The van der Waals surface area contributed by atoms with E-state index in [9.17, 15) is 4.79 Å². The fraction of sp³-hybridized carbons (Fsp3) is 0.269. The molecule has 0 saturated heterocycles. The van der Waals surface area contributed by atoms with E-state index in [1.165, 1.54) is 11.1 Å². The molecule has 0 radical (unpaired) electrons. The number of allylic oxidation sites excluding steroid dienone is 5. The number of Topliss-reactive ketones (excluding diaryl/α,β-unsaturated/α-hetero) is 1. The molecule has 0 spiro atoms. The highest BCUT2D eigenvalue weighted by Crippen LogP contribution is 2.19. The maximum Gasteiger partial charge on any atom is 0.164 e. The second-order valence-corrected chi connectivity index (χ2v) is 7.44. The smallest absolute Gasteiger partial charge is 0.164 e. The Morgan fingerprint density at radius 3 is 2.48 bits per heavy atom. The summed E-state index contributed by atoms with van der Waals surface area (Å²) >= 11 is 0. The average molecular weight is 388 g/mol. The van der Waals surface area contributed by atoms with Gasteiger partial charge in [-0.2, -0.15) is 0 Å². The number of rotatable bonds is 9. The van der Waals surface area contributed by atoms with Gasteiger partial charge in [-0.3, -0.25) is 9.69 Å². The number of carbonyl (C=O) groups is 1. The number of ether oxygens (including phenoxy) is 1. The molecule has 3 nitrogen and oxygen atoms in total. The van der Waals surface area contributed by atoms with Gasteiger partial charge in [0.1, 0.15) is 5.75 Å². The van der Waals surface area contributed by atoms with E-state index in [0.717, 1.165) is 30.8 Å². The lowest BCUT2D eigenvalue weighted by molar-refractivity contribution is 0.0928. The van der Waals surface area contributed by atoms with Crippen LogP contribution in [0.5, 0.6) is 5.75 Å². The molecule has 1 atom stereocenters. The van der Waals surface area contributed by atoms with E-state index in [-0.39, 0.29) is 11.8 Å². The number of benzene rings is 2. The Kier molecular flexibility index (Phi) is 7.60. The van der Waals surface area contributed by atoms with Gasteiger partial charge in [-0.1, -0.05) is 66.3 Å². The van der Waals surface area contributed by atoms with Crippen molar-refractivity contribution in [1.82, 2.24) is 4.90 Å². The van der Waals surface area contributed by atoms with E-state index < -0.39 is 0 Å². The third kappa shape index (κ3) is 6.30. The van der Waals surface area contributed by atoms with Crippen molar-refractivity contribution in [3.63, 3.8) is 0 Å². The van der Waals surface area contributed by atoms with Crippen LogP contribution in [0, 0.1) is 0 Å². The lowest BCUT2D eigenvalue weighted by Gasteiger charge is -2.30. The third-order valence-corrected chi connectivity index (χ3v) is 5.22. The molecule has 1 aliphatic rings. The zero-order chi connectivity index (χ0) is 20.5. The number of methoxy groups -OCH3 is 1. The van der Waals surface area contributed by atoms with Crippen LogP contribution in [-0.4, -0.2) is 30.4 Å². The van der Waals surface area contributed by atoms with Crippen molar-refractivity contribution in [2.75, 3.05) is 13.7 Å². The molecule has 0 N–H and O–H groups in total. The SMILES string of the molecule is COc1ccc(C(=O)CC(C)N(CC2=CC=CC=CC2)Cc2ccccc2)cc1. The molecule has 1 unspecified atom stereocenters. The van der Waals surface area contributed by atoms with Crippen molar-refractivity contribution in [3.8, 4) is 5.75 Å². The second-order valence-electron chi connectivity index (χ2n) is 7.44. The van der Waals surface area contributed by atoms with Gasteiger partial charge in [-0.05, 0) is 43.2 Å². The van der Waals surface area contributed by atoms with Crippen LogP contribution < -0.4 is 4.74 Å². The van der Waals surface area contributed by atoms with Crippen LogP contribution in [0.25, 0.3) is 0 Å². The van der Waals surface area contributed by atoms with Crippen LogP contribution in [-0.2, 0) is 6.54 Å². The lowest BCUT2D eigenvalue weighted by Crippen LogP contribution is -2.36. The minimum atomic E-state index is 0.127. The van der Waals surface area contributed by atoms with Gasteiger partial charge in [0.25, 0.3) is 0 Å². The summed E-state index contributed by atoms with van der Waals surface area (Å²) in [5, 5.41) is 0. The maximum absolute atomic E-state index is 12.9. The van der Waals surface area contributed by atoms with E-state index >= 15 is 0 Å². The van der Waals surface area contributed by atoms with Gasteiger partial charge in [-0.25, -0.2) is 0 Å². The monoisotopic (exact) mass is 387 g/mol. The van der Waals surface area contributed by atoms with Gasteiger partial charge < -0.3 is 4.74 Å². The molecular weight excluding hydrogens is 358 g/mol. The molecule has 0 heterocycles. The maximum atomic E-state index is 12.9. The second kappa shape index (κ2) is 10.6. The summed E-state index contributed by atoms with van der Waals surface area (Å²) in [5.41, 5.74) is 3.35. The normalized spacial score (nSPS) is 14.4. The van der Waals surface area contributed by atoms with Crippen LogP contribution in [0.1, 0.15) is 35.7 Å². The molecule has 0 amide bonds. The minimum absolute atomic E-state index is 0.127. The third-order valence-electron chi connectivity index (χ3n) is 5.22. The molecule has 2 aromatic carbocycles. The molecule has 2 aromatic rings. The summed E-state index contributed by atoms with van der Waals surface area (Å²) in [7, 11) is 1.63. The van der Waals surface area contributed by atoms with Gasteiger partial charge in [-0.15, -0.1) is 0 Å². The standard InChI is InChI=1S/C26H29NO2/c1-21(18-26(28)24-14-16-25(29-2)17-15-24)27(20-23-12-8-5-9-13-23)19-22-10-6-3-4-7-11-22/h3-10,12-17,21H,11,18-20H2,1-2H3. The first-order chi connectivity index (χ1) is 14.2. The van der Waals surface area contributed by atoms with Gasteiger partial charge in [0, 0.05) is 31.1 Å². The van der Waals surface area contributed by atoms with Crippen LogP contribution in [0.15, 0.2) is 90.6 Å². The van der Waals surface area contributed by atoms with E-state index in [1.807, 2.05) is 30.3 Å². The largest absolute Gasteiger partial charge is 0.497 e. The Morgan fingerprint density at radius 1 is 1.00 bits per heavy atom.